The maximum absolute atomic E-state index is 12.2. The summed E-state index contributed by atoms with van der Waals surface area (Å²) in [6, 6.07) is 1.70. The predicted molar refractivity (Wildman–Crippen MR) is 70.4 cm³/mol. The van der Waals surface area contributed by atoms with Crippen LogP contribution in [0.2, 0.25) is 5.02 Å². The van der Waals surface area contributed by atoms with E-state index in [2.05, 4.69) is 11.6 Å². The summed E-state index contributed by atoms with van der Waals surface area (Å²) in [7, 11) is 0. The smallest absolute Gasteiger partial charge is 0.257 e. The SMILES string of the molecule is C=CCN(CCC)C(=O)c1cnc(C)cc1Cl. The van der Waals surface area contributed by atoms with E-state index in [1.54, 1.807) is 17.0 Å². The van der Waals surface area contributed by atoms with E-state index in [1.807, 2.05) is 13.8 Å². The lowest BCUT2D eigenvalue weighted by Gasteiger charge is -2.20. The van der Waals surface area contributed by atoms with Gasteiger partial charge in [-0.1, -0.05) is 24.6 Å². The summed E-state index contributed by atoms with van der Waals surface area (Å²) >= 11 is 6.06. The lowest BCUT2D eigenvalue weighted by molar-refractivity contribution is 0.0773. The fourth-order valence-corrected chi connectivity index (χ4v) is 1.84. The van der Waals surface area contributed by atoms with Crippen molar-refractivity contribution in [2.24, 2.45) is 0 Å². The lowest BCUT2D eigenvalue weighted by Crippen LogP contribution is -2.32. The van der Waals surface area contributed by atoms with Crippen LogP contribution < -0.4 is 0 Å². The number of rotatable bonds is 5. The number of aromatic nitrogens is 1. The molecule has 1 heterocycles. The van der Waals surface area contributed by atoms with Crippen molar-refractivity contribution in [3.8, 4) is 0 Å². The van der Waals surface area contributed by atoms with Crippen LogP contribution in [0.1, 0.15) is 29.4 Å². The minimum absolute atomic E-state index is 0.0933. The zero-order valence-electron chi connectivity index (χ0n) is 10.2. The molecule has 1 aromatic rings. The molecule has 0 atom stereocenters. The number of hydrogen-bond donors (Lipinski definition) is 0. The first kappa shape index (κ1) is 13.7. The van der Waals surface area contributed by atoms with Crippen molar-refractivity contribution in [3.63, 3.8) is 0 Å². The van der Waals surface area contributed by atoms with Crippen LogP contribution in [0.5, 0.6) is 0 Å². The molecule has 1 rings (SSSR count). The summed E-state index contributed by atoms with van der Waals surface area (Å²) in [6.45, 7) is 8.73. The van der Waals surface area contributed by atoms with Crippen molar-refractivity contribution in [1.82, 2.24) is 9.88 Å². The third kappa shape index (κ3) is 3.56. The van der Waals surface area contributed by atoms with Crippen LogP contribution in [-0.4, -0.2) is 28.9 Å². The number of pyridine rings is 1. The third-order valence-electron chi connectivity index (χ3n) is 2.35. The highest BCUT2D eigenvalue weighted by Gasteiger charge is 2.17. The normalized spacial score (nSPS) is 10.1. The summed E-state index contributed by atoms with van der Waals surface area (Å²) in [5, 5.41) is 0.452. The summed E-state index contributed by atoms with van der Waals surface area (Å²) in [5.41, 5.74) is 1.25. The van der Waals surface area contributed by atoms with Crippen LogP contribution >= 0.6 is 11.6 Å². The molecule has 0 saturated heterocycles. The highest BCUT2D eigenvalue weighted by molar-refractivity contribution is 6.33. The number of carbonyl (C=O) groups is 1. The molecule has 0 N–H and O–H groups in total. The van der Waals surface area contributed by atoms with Crippen molar-refractivity contribution in [2.45, 2.75) is 20.3 Å². The average molecular weight is 253 g/mol. The van der Waals surface area contributed by atoms with Gasteiger partial charge >= 0.3 is 0 Å². The Morgan fingerprint density at radius 2 is 2.35 bits per heavy atom. The Balaban J connectivity index is 2.96. The van der Waals surface area contributed by atoms with Crippen molar-refractivity contribution >= 4 is 17.5 Å². The third-order valence-corrected chi connectivity index (χ3v) is 2.66. The van der Waals surface area contributed by atoms with E-state index in [4.69, 9.17) is 11.6 Å². The van der Waals surface area contributed by atoms with E-state index >= 15 is 0 Å². The molecule has 0 aromatic carbocycles. The average Bonchev–Trinajstić information content (AvgIpc) is 2.28. The van der Waals surface area contributed by atoms with Crippen LogP contribution in [0, 0.1) is 6.92 Å². The highest BCUT2D eigenvalue weighted by Crippen LogP contribution is 2.17. The van der Waals surface area contributed by atoms with Gasteiger partial charge in [-0.3, -0.25) is 9.78 Å². The zero-order valence-corrected chi connectivity index (χ0v) is 11.0. The Hall–Kier alpha value is -1.35. The highest BCUT2D eigenvalue weighted by atomic mass is 35.5. The molecule has 0 unspecified atom stereocenters. The van der Waals surface area contributed by atoms with E-state index in [0.29, 0.717) is 23.7 Å². The Morgan fingerprint density at radius 3 is 2.88 bits per heavy atom. The molecular formula is C13H17ClN2O. The number of hydrogen-bond acceptors (Lipinski definition) is 2. The topological polar surface area (TPSA) is 33.2 Å². The Labute approximate surface area is 107 Å². The number of nitrogens with zero attached hydrogens (tertiary/aromatic N) is 2. The molecule has 0 aliphatic carbocycles. The number of halogens is 1. The number of carbonyl (C=O) groups excluding carboxylic acids is 1. The van der Waals surface area contributed by atoms with Crippen LogP contribution in [0.4, 0.5) is 0 Å². The summed E-state index contributed by atoms with van der Waals surface area (Å²) in [6.07, 6.45) is 4.14. The molecule has 17 heavy (non-hydrogen) atoms. The second kappa shape index (κ2) is 6.40. The quantitative estimate of drug-likeness (QED) is 0.755. The van der Waals surface area contributed by atoms with E-state index in [-0.39, 0.29) is 5.91 Å². The molecule has 3 nitrogen and oxygen atoms in total. The van der Waals surface area contributed by atoms with Gasteiger partial charge in [-0.05, 0) is 19.4 Å². The number of aryl methyl sites for hydroxylation is 1. The molecule has 0 radical (unpaired) electrons. The largest absolute Gasteiger partial charge is 0.335 e. The van der Waals surface area contributed by atoms with Gasteiger partial charge in [0.2, 0.25) is 0 Å². The number of amides is 1. The monoisotopic (exact) mass is 252 g/mol. The summed E-state index contributed by atoms with van der Waals surface area (Å²) in [5.74, 6) is -0.0933. The Kier molecular flexibility index (Phi) is 5.16. The minimum atomic E-state index is -0.0933. The second-order valence-electron chi connectivity index (χ2n) is 3.85. The van der Waals surface area contributed by atoms with Gasteiger partial charge in [0.15, 0.2) is 0 Å². The van der Waals surface area contributed by atoms with E-state index in [9.17, 15) is 4.79 Å². The zero-order chi connectivity index (χ0) is 12.8. The van der Waals surface area contributed by atoms with Gasteiger partial charge in [0, 0.05) is 25.0 Å². The van der Waals surface area contributed by atoms with Gasteiger partial charge in [-0.2, -0.15) is 0 Å². The lowest BCUT2D eigenvalue weighted by atomic mass is 10.2. The molecule has 1 amide bonds. The van der Waals surface area contributed by atoms with Crippen molar-refractivity contribution in [2.75, 3.05) is 13.1 Å². The molecule has 92 valence electrons. The van der Waals surface area contributed by atoms with E-state index in [0.717, 1.165) is 12.1 Å². The van der Waals surface area contributed by atoms with Gasteiger partial charge < -0.3 is 4.90 Å². The molecular weight excluding hydrogens is 236 g/mol. The van der Waals surface area contributed by atoms with Crippen LogP contribution in [0.15, 0.2) is 24.9 Å². The van der Waals surface area contributed by atoms with Crippen molar-refractivity contribution in [1.29, 1.82) is 0 Å². The van der Waals surface area contributed by atoms with Crippen molar-refractivity contribution in [3.05, 3.63) is 41.2 Å². The molecule has 0 fully saturated rings. The first-order chi connectivity index (χ1) is 8.10. The summed E-state index contributed by atoms with van der Waals surface area (Å²) < 4.78 is 0. The van der Waals surface area contributed by atoms with E-state index in [1.165, 1.54) is 6.20 Å². The molecule has 4 heteroatoms. The van der Waals surface area contributed by atoms with Gasteiger partial charge in [0.05, 0.1) is 10.6 Å². The maximum atomic E-state index is 12.2. The minimum Gasteiger partial charge on any atom is -0.335 e. The molecule has 0 bridgehead atoms. The van der Waals surface area contributed by atoms with Gasteiger partial charge in [-0.25, -0.2) is 0 Å². The maximum Gasteiger partial charge on any atom is 0.257 e. The first-order valence-corrected chi connectivity index (χ1v) is 6.00. The van der Waals surface area contributed by atoms with Crippen LogP contribution in [0.3, 0.4) is 0 Å². The second-order valence-corrected chi connectivity index (χ2v) is 4.25. The summed E-state index contributed by atoms with van der Waals surface area (Å²) in [4.78, 5) is 18.0. The van der Waals surface area contributed by atoms with Gasteiger partial charge in [0.1, 0.15) is 0 Å². The predicted octanol–water partition coefficient (Wildman–Crippen LogP) is 3.08. The Morgan fingerprint density at radius 1 is 1.65 bits per heavy atom. The first-order valence-electron chi connectivity index (χ1n) is 5.62. The molecule has 0 aliphatic heterocycles. The van der Waals surface area contributed by atoms with E-state index < -0.39 is 0 Å². The van der Waals surface area contributed by atoms with Crippen molar-refractivity contribution < 1.29 is 4.79 Å². The molecule has 0 aliphatic rings. The van der Waals surface area contributed by atoms with Gasteiger partial charge in [-0.15, -0.1) is 6.58 Å². The van der Waals surface area contributed by atoms with Crippen LogP contribution in [-0.2, 0) is 0 Å². The Bertz CT molecular complexity index is 418. The fraction of sp³-hybridized carbons (Fsp3) is 0.385. The molecule has 0 spiro atoms. The van der Waals surface area contributed by atoms with Gasteiger partial charge in [0.25, 0.3) is 5.91 Å². The fourth-order valence-electron chi connectivity index (χ4n) is 1.56. The van der Waals surface area contributed by atoms with Crippen LogP contribution in [0.25, 0.3) is 0 Å². The molecule has 0 saturated carbocycles. The standard InChI is InChI=1S/C13H17ClN2O/c1-4-6-16(7-5-2)13(17)11-9-15-10(3)8-12(11)14/h4,8-9H,1,5-7H2,2-3H3. The molecule has 1 aromatic heterocycles.